The van der Waals surface area contributed by atoms with Gasteiger partial charge in [0.05, 0.1) is 18.3 Å². The minimum absolute atomic E-state index is 0.0410. The van der Waals surface area contributed by atoms with Crippen LogP contribution in [0.5, 0.6) is 5.75 Å². The molecule has 0 aliphatic carbocycles. The number of aromatic nitrogens is 1. The molecular formula is C23H34N4O2. The molecule has 6 nitrogen and oxygen atoms in total. The third-order valence-electron chi connectivity index (χ3n) is 5.74. The molecule has 1 amide bonds. The first-order valence-corrected chi connectivity index (χ1v) is 10.7. The number of hydrogen-bond acceptors (Lipinski definition) is 5. The molecule has 29 heavy (non-hydrogen) atoms. The minimum Gasteiger partial charge on any atom is -0.497 e. The van der Waals surface area contributed by atoms with E-state index in [0.717, 1.165) is 66.8 Å². The second-order valence-corrected chi connectivity index (χ2v) is 8.06. The van der Waals surface area contributed by atoms with Gasteiger partial charge in [0.25, 0.3) is 0 Å². The predicted octanol–water partition coefficient (Wildman–Crippen LogP) is 3.69. The van der Waals surface area contributed by atoms with Crippen LogP contribution in [0.25, 0.3) is 10.9 Å². The summed E-state index contributed by atoms with van der Waals surface area (Å²) in [6.07, 6.45) is 6.71. The smallest absolute Gasteiger partial charge is 0.224 e. The summed E-state index contributed by atoms with van der Waals surface area (Å²) in [4.78, 5) is 21.9. The molecule has 0 spiro atoms. The molecule has 1 aliphatic rings. The number of pyridine rings is 1. The molecule has 1 aromatic carbocycles. The average molecular weight is 399 g/mol. The van der Waals surface area contributed by atoms with Crippen molar-refractivity contribution in [3.8, 4) is 5.75 Å². The van der Waals surface area contributed by atoms with Crippen LogP contribution < -0.4 is 10.1 Å². The number of carbonyl (C=O) groups excluding carboxylic acids is 1. The van der Waals surface area contributed by atoms with E-state index in [1.54, 1.807) is 13.3 Å². The van der Waals surface area contributed by atoms with Gasteiger partial charge in [0, 0.05) is 37.2 Å². The quantitative estimate of drug-likeness (QED) is 0.688. The fraction of sp³-hybridized carbons (Fsp3) is 0.565. The van der Waals surface area contributed by atoms with Crippen LogP contribution in [0.2, 0.25) is 0 Å². The number of carbonyl (C=O) groups is 1. The summed E-state index contributed by atoms with van der Waals surface area (Å²) >= 11 is 0. The van der Waals surface area contributed by atoms with Crippen molar-refractivity contribution in [2.45, 2.75) is 39.0 Å². The van der Waals surface area contributed by atoms with Crippen LogP contribution in [0.15, 0.2) is 24.4 Å². The van der Waals surface area contributed by atoms with Crippen molar-refractivity contribution < 1.29 is 9.53 Å². The van der Waals surface area contributed by atoms with E-state index < -0.39 is 0 Å². The lowest BCUT2D eigenvalue weighted by molar-refractivity contribution is -0.116. The second-order valence-electron chi connectivity index (χ2n) is 8.06. The number of anilines is 1. The lowest BCUT2D eigenvalue weighted by atomic mass is 10.1. The van der Waals surface area contributed by atoms with E-state index in [1.165, 1.54) is 19.5 Å². The van der Waals surface area contributed by atoms with Gasteiger partial charge in [-0.15, -0.1) is 0 Å². The lowest BCUT2D eigenvalue weighted by Gasteiger charge is -2.19. The Morgan fingerprint density at radius 1 is 1.17 bits per heavy atom. The Morgan fingerprint density at radius 3 is 2.86 bits per heavy atom. The molecule has 0 atom stereocenters. The molecule has 0 unspecified atom stereocenters. The number of amides is 1. The zero-order valence-corrected chi connectivity index (χ0v) is 18.0. The standard InChI is InChI=1S/C23H34N4O2/c1-18-9-10-24-23-20(18)16-19(29-3)17-21(23)25-22(28)8-5-4-6-12-27-13-7-11-26(2)14-15-27/h9-10,16-17H,4-8,11-15H2,1-3H3,(H,25,28). The summed E-state index contributed by atoms with van der Waals surface area (Å²) in [5, 5.41) is 4.05. The van der Waals surface area contributed by atoms with Gasteiger partial charge in [-0.1, -0.05) is 6.42 Å². The number of benzene rings is 1. The highest BCUT2D eigenvalue weighted by atomic mass is 16.5. The van der Waals surface area contributed by atoms with E-state index in [-0.39, 0.29) is 5.91 Å². The molecule has 6 heteroatoms. The molecule has 2 aromatic rings. The van der Waals surface area contributed by atoms with Crippen LogP contribution >= 0.6 is 0 Å². The topological polar surface area (TPSA) is 57.7 Å². The number of aryl methyl sites for hydroxylation is 1. The van der Waals surface area contributed by atoms with Gasteiger partial charge in [-0.2, -0.15) is 0 Å². The van der Waals surface area contributed by atoms with Gasteiger partial charge in [-0.25, -0.2) is 0 Å². The van der Waals surface area contributed by atoms with Crippen LogP contribution in [0.3, 0.4) is 0 Å². The molecule has 1 N–H and O–H groups in total. The predicted molar refractivity (Wildman–Crippen MR) is 119 cm³/mol. The summed E-state index contributed by atoms with van der Waals surface area (Å²) in [5.74, 6) is 0.770. The number of fused-ring (bicyclic) bond motifs is 1. The summed E-state index contributed by atoms with van der Waals surface area (Å²) in [6.45, 7) is 7.89. The molecule has 1 fully saturated rings. The van der Waals surface area contributed by atoms with Crippen molar-refractivity contribution >= 4 is 22.5 Å². The number of unbranched alkanes of at least 4 members (excludes halogenated alkanes) is 2. The lowest BCUT2D eigenvalue weighted by Crippen LogP contribution is -2.29. The second kappa shape index (κ2) is 10.6. The number of hydrogen-bond donors (Lipinski definition) is 1. The Morgan fingerprint density at radius 2 is 2.03 bits per heavy atom. The van der Waals surface area contributed by atoms with Gasteiger partial charge in [-0.3, -0.25) is 9.78 Å². The molecule has 158 valence electrons. The monoisotopic (exact) mass is 398 g/mol. The maximum Gasteiger partial charge on any atom is 0.224 e. The van der Waals surface area contributed by atoms with E-state index >= 15 is 0 Å². The number of nitrogens with one attached hydrogen (secondary N) is 1. The van der Waals surface area contributed by atoms with Crippen molar-refractivity contribution in [3.63, 3.8) is 0 Å². The highest BCUT2D eigenvalue weighted by molar-refractivity contribution is 6.01. The normalized spacial score (nSPS) is 16.0. The highest BCUT2D eigenvalue weighted by Gasteiger charge is 2.13. The zero-order chi connectivity index (χ0) is 20.6. The Bertz CT molecular complexity index is 824. The number of methoxy groups -OCH3 is 1. The molecule has 1 aliphatic heterocycles. The van der Waals surface area contributed by atoms with Crippen molar-refractivity contribution in [3.05, 3.63) is 30.0 Å². The fourth-order valence-electron chi connectivity index (χ4n) is 3.91. The molecular weight excluding hydrogens is 364 g/mol. The minimum atomic E-state index is 0.0410. The van der Waals surface area contributed by atoms with Gasteiger partial charge in [0.15, 0.2) is 0 Å². The van der Waals surface area contributed by atoms with Crippen LogP contribution in [-0.4, -0.2) is 67.6 Å². The Labute approximate surface area is 174 Å². The molecule has 1 aromatic heterocycles. The zero-order valence-electron chi connectivity index (χ0n) is 18.0. The fourth-order valence-corrected chi connectivity index (χ4v) is 3.91. The van der Waals surface area contributed by atoms with Gasteiger partial charge in [-0.05, 0) is 70.6 Å². The van der Waals surface area contributed by atoms with E-state index in [1.807, 2.05) is 25.1 Å². The van der Waals surface area contributed by atoms with Crippen LogP contribution in [0, 0.1) is 6.92 Å². The molecule has 3 rings (SSSR count). The van der Waals surface area contributed by atoms with Crippen LogP contribution in [0.1, 0.15) is 37.7 Å². The summed E-state index contributed by atoms with van der Waals surface area (Å²) in [5.41, 5.74) is 2.65. The highest BCUT2D eigenvalue weighted by Crippen LogP contribution is 2.29. The van der Waals surface area contributed by atoms with Gasteiger partial charge in [0.1, 0.15) is 5.75 Å². The van der Waals surface area contributed by atoms with E-state index in [2.05, 4.69) is 27.1 Å². The molecule has 0 saturated carbocycles. The summed E-state index contributed by atoms with van der Waals surface area (Å²) in [6, 6.07) is 5.78. The third-order valence-corrected chi connectivity index (χ3v) is 5.74. The van der Waals surface area contributed by atoms with Crippen molar-refractivity contribution in [2.24, 2.45) is 0 Å². The van der Waals surface area contributed by atoms with E-state index in [0.29, 0.717) is 6.42 Å². The average Bonchev–Trinajstić information content (AvgIpc) is 2.92. The van der Waals surface area contributed by atoms with Crippen LogP contribution in [0.4, 0.5) is 5.69 Å². The Hall–Kier alpha value is -2.18. The summed E-state index contributed by atoms with van der Waals surface area (Å²) in [7, 11) is 3.84. The summed E-state index contributed by atoms with van der Waals surface area (Å²) < 4.78 is 5.40. The maximum atomic E-state index is 12.5. The maximum absolute atomic E-state index is 12.5. The number of ether oxygens (including phenoxy) is 1. The Balaban J connectivity index is 1.47. The first-order chi connectivity index (χ1) is 14.1. The van der Waals surface area contributed by atoms with Crippen molar-refractivity contribution in [1.29, 1.82) is 0 Å². The SMILES string of the molecule is COc1cc(NC(=O)CCCCCN2CCCN(C)CC2)c2nccc(C)c2c1. The first kappa shape index (κ1) is 21.5. The number of rotatable bonds is 8. The first-order valence-electron chi connectivity index (χ1n) is 10.7. The third kappa shape index (κ3) is 6.15. The molecule has 0 radical (unpaired) electrons. The van der Waals surface area contributed by atoms with Gasteiger partial charge >= 0.3 is 0 Å². The molecule has 2 heterocycles. The number of likely N-dealkylation sites (N-methyl/N-ethyl adjacent to an activating group) is 1. The van der Waals surface area contributed by atoms with Crippen LogP contribution in [-0.2, 0) is 4.79 Å². The number of nitrogens with zero attached hydrogens (tertiary/aromatic N) is 3. The van der Waals surface area contributed by atoms with Gasteiger partial charge < -0.3 is 19.9 Å². The Kier molecular flexibility index (Phi) is 7.83. The largest absolute Gasteiger partial charge is 0.497 e. The van der Waals surface area contributed by atoms with E-state index in [9.17, 15) is 4.79 Å². The molecule has 0 bridgehead atoms. The van der Waals surface area contributed by atoms with Gasteiger partial charge in [0.2, 0.25) is 5.91 Å². The van der Waals surface area contributed by atoms with Crippen molar-refractivity contribution in [1.82, 2.24) is 14.8 Å². The molecule has 1 saturated heterocycles. The van der Waals surface area contributed by atoms with Crippen molar-refractivity contribution in [2.75, 3.05) is 52.2 Å². The van der Waals surface area contributed by atoms with E-state index in [4.69, 9.17) is 4.74 Å².